The first kappa shape index (κ1) is 20.0. The van der Waals surface area contributed by atoms with Crippen molar-refractivity contribution in [3.8, 4) is 0 Å². The van der Waals surface area contributed by atoms with Crippen LogP contribution in [0.15, 0.2) is 24.3 Å². The highest BCUT2D eigenvalue weighted by molar-refractivity contribution is 5.74. The van der Waals surface area contributed by atoms with Crippen molar-refractivity contribution in [1.82, 2.24) is 15.5 Å². The second kappa shape index (κ2) is 8.50. The van der Waals surface area contributed by atoms with Crippen LogP contribution in [0, 0.1) is 5.92 Å². The van der Waals surface area contributed by atoms with E-state index in [1.807, 2.05) is 6.07 Å². The van der Waals surface area contributed by atoms with E-state index in [2.05, 4.69) is 40.7 Å². The molecule has 1 fully saturated rings. The average molecular weight is 383 g/mol. The lowest BCUT2D eigenvalue weighted by Crippen LogP contribution is -2.49. The summed E-state index contributed by atoms with van der Waals surface area (Å²) in [6.07, 6.45) is -1.92. The van der Waals surface area contributed by atoms with Crippen molar-refractivity contribution >= 4 is 6.03 Å². The summed E-state index contributed by atoms with van der Waals surface area (Å²) in [6.45, 7) is 4.34. The summed E-state index contributed by atoms with van der Waals surface area (Å²) in [5.41, 5.74) is 2.70. The maximum Gasteiger partial charge on any atom is 0.391 e. The number of benzene rings is 1. The number of rotatable bonds is 4. The van der Waals surface area contributed by atoms with Gasteiger partial charge in [0.05, 0.1) is 5.92 Å². The first-order valence-corrected chi connectivity index (χ1v) is 9.75. The molecule has 3 rings (SSSR count). The zero-order valence-corrected chi connectivity index (χ0v) is 15.7. The van der Waals surface area contributed by atoms with E-state index >= 15 is 0 Å². The molecule has 27 heavy (non-hydrogen) atoms. The molecule has 1 aromatic carbocycles. The zero-order chi connectivity index (χ0) is 19.4. The monoisotopic (exact) mass is 383 g/mol. The highest BCUT2D eigenvalue weighted by Crippen LogP contribution is 2.37. The van der Waals surface area contributed by atoms with Gasteiger partial charge in [0.15, 0.2) is 0 Å². The maximum absolute atomic E-state index is 12.9. The molecule has 1 aromatic rings. The van der Waals surface area contributed by atoms with Crippen molar-refractivity contribution < 1.29 is 18.0 Å². The minimum atomic E-state index is -4.17. The molecule has 1 aliphatic carbocycles. The number of alkyl halides is 3. The number of halogens is 3. The Labute approximate surface area is 158 Å². The topological polar surface area (TPSA) is 44.4 Å². The molecule has 1 aliphatic heterocycles. The molecule has 7 heteroatoms. The van der Waals surface area contributed by atoms with Crippen LogP contribution in [0.25, 0.3) is 0 Å². The van der Waals surface area contributed by atoms with Gasteiger partial charge in [0.2, 0.25) is 0 Å². The van der Waals surface area contributed by atoms with Gasteiger partial charge in [0.25, 0.3) is 0 Å². The van der Waals surface area contributed by atoms with Gasteiger partial charge in [-0.1, -0.05) is 30.7 Å². The Morgan fingerprint density at radius 2 is 2.00 bits per heavy atom. The van der Waals surface area contributed by atoms with Crippen LogP contribution in [-0.4, -0.2) is 42.3 Å². The van der Waals surface area contributed by atoms with Gasteiger partial charge in [-0.3, -0.25) is 4.90 Å². The molecule has 1 heterocycles. The molecule has 0 aromatic heterocycles. The number of hydrogen-bond donors (Lipinski definition) is 2. The summed E-state index contributed by atoms with van der Waals surface area (Å²) in [4.78, 5) is 14.5. The van der Waals surface area contributed by atoms with E-state index in [1.54, 1.807) is 0 Å². The molecule has 0 unspecified atom stereocenters. The summed E-state index contributed by atoms with van der Waals surface area (Å²) in [6, 6.07) is 7.78. The number of urea groups is 1. The molecule has 2 amide bonds. The van der Waals surface area contributed by atoms with Gasteiger partial charge < -0.3 is 10.6 Å². The van der Waals surface area contributed by atoms with Crippen LogP contribution in [0.1, 0.15) is 43.7 Å². The third-order valence-electron chi connectivity index (χ3n) is 5.81. The van der Waals surface area contributed by atoms with Crippen LogP contribution < -0.4 is 10.6 Å². The second-order valence-electron chi connectivity index (χ2n) is 7.79. The highest BCUT2D eigenvalue weighted by Gasteiger charge is 2.42. The van der Waals surface area contributed by atoms with Crippen LogP contribution in [0.3, 0.4) is 0 Å². The third-order valence-corrected chi connectivity index (χ3v) is 5.81. The largest absolute Gasteiger partial charge is 0.391 e. The van der Waals surface area contributed by atoms with Gasteiger partial charge in [0.1, 0.15) is 0 Å². The Bertz CT molecular complexity index is 650. The van der Waals surface area contributed by atoms with Crippen LogP contribution in [-0.2, 0) is 13.0 Å². The van der Waals surface area contributed by atoms with Crippen molar-refractivity contribution in [2.75, 3.05) is 13.1 Å². The number of carbonyl (C=O) groups excluding carboxylic acids is 1. The van der Waals surface area contributed by atoms with E-state index in [1.165, 1.54) is 11.1 Å². The number of fused-ring (bicyclic) bond motifs is 1. The SMILES string of the molecule is C[C@H](CNC(=O)N[C@H]1CCC[C@@H](C(F)(F)F)C1)N1CCc2ccccc2C1. The van der Waals surface area contributed by atoms with Gasteiger partial charge in [-0.2, -0.15) is 13.2 Å². The second-order valence-corrected chi connectivity index (χ2v) is 7.79. The molecule has 2 N–H and O–H groups in total. The molecule has 0 spiro atoms. The predicted octanol–water partition coefficient (Wildman–Crippen LogP) is 3.85. The number of carbonyl (C=O) groups is 1. The molecular formula is C20H28F3N3O. The molecule has 0 saturated heterocycles. The Hall–Kier alpha value is -1.76. The minimum Gasteiger partial charge on any atom is -0.337 e. The smallest absolute Gasteiger partial charge is 0.337 e. The van der Waals surface area contributed by atoms with E-state index < -0.39 is 18.1 Å². The van der Waals surface area contributed by atoms with Gasteiger partial charge in [-0.25, -0.2) is 4.79 Å². The van der Waals surface area contributed by atoms with Crippen molar-refractivity contribution in [2.24, 2.45) is 5.92 Å². The normalized spacial score (nSPS) is 24.7. The molecule has 150 valence electrons. The van der Waals surface area contributed by atoms with Gasteiger partial charge >= 0.3 is 12.2 Å². The van der Waals surface area contributed by atoms with Crippen molar-refractivity contribution in [2.45, 2.75) is 63.8 Å². The van der Waals surface area contributed by atoms with Gasteiger partial charge in [-0.15, -0.1) is 0 Å². The van der Waals surface area contributed by atoms with Crippen molar-refractivity contribution in [3.05, 3.63) is 35.4 Å². The van der Waals surface area contributed by atoms with Crippen LogP contribution >= 0.6 is 0 Å². The Kier molecular flexibility index (Phi) is 6.29. The summed E-state index contributed by atoms with van der Waals surface area (Å²) in [7, 11) is 0. The summed E-state index contributed by atoms with van der Waals surface area (Å²) >= 11 is 0. The van der Waals surface area contributed by atoms with Gasteiger partial charge in [0, 0.05) is 31.7 Å². The fourth-order valence-corrected chi connectivity index (χ4v) is 4.12. The lowest BCUT2D eigenvalue weighted by atomic mass is 9.85. The zero-order valence-electron chi connectivity index (χ0n) is 15.7. The quantitative estimate of drug-likeness (QED) is 0.829. The molecular weight excluding hydrogens is 355 g/mol. The van der Waals surface area contributed by atoms with E-state index in [0.29, 0.717) is 19.4 Å². The number of amides is 2. The molecule has 2 aliphatic rings. The fraction of sp³-hybridized carbons (Fsp3) is 0.650. The Morgan fingerprint density at radius 1 is 1.26 bits per heavy atom. The number of nitrogens with one attached hydrogen (secondary N) is 2. The number of nitrogens with zero attached hydrogens (tertiary/aromatic N) is 1. The Balaban J connectivity index is 1.43. The van der Waals surface area contributed by atoms with Crippen LogP contribution in [0.2, 0.25) is 0 Å². The van der Waals surface area contributed by atoms with Gasteiger partial charge in [-0.05, 0) is 43.7 Å². The molecule has 1 saturated carbocycles. The van der Waals surface area contributed by atoms with E-state index in [0.717, 1.165) is 19.5 Å². The molecule has 0 bridgehead atoms. The van der Waals surface area contributed by atoms with Crippen molar-refractivity contribution in [1.29, 1.82) is 0 Å². The molecule has 4 nitrogen and oxygen atoms in total. The van der Waals surface area contributed by atoms with E-state index in [4.69, 9.17) is 0 Å². The minimum absolute atomic E-state index is 0.0185. The van der Waals surface area contributed by atoms with Crippen LogP contribution in [0.4, 0.5) is 18.0 Å². The fourth-order valence-electron chi connectivity index (χ4n) is 4.12. The first-order chi connectivity index (χ1) is 12.8. The maximum atomic E-state index is 12.9. The molecule has 3 atom stereocenters. The standard InChI is InChI=1S/C20H28F3N3O/c1-14(26-10-9-15-5-2-3-6-16(15)13-26)12-24-19(27)25-18-8-4-7-17(11-18)20(21,22)23/h2-3,5-6,14,17-18H,4,7-13H2,1H3,(H2,24,25,27)/t14-,17-,18+/m1/s1. The van der Waals surface area contributed by atoms with Crippen molar-refractivity contribution in [3.63, 3.8) is 0 Å². The summed E-state index contributed by atoms with van der Waals surface area (Å²) in [5, 5.41) is 5.56. The predicted molar refractivity (Wildman–Crippen MR) is 98.4 cm³/mol. The molecule has 0 radical (unpaired) electrons. The van der Waals surface area contributed by atoms with E-state index in [-0.39, 0.29) is 24.9 Å². The first-order valence-electron chi connectivity index (χ1n) is 9.75. The average Bonchev–Trinajstić information content (AvgIpc) is 2.65. The lowest BCUT2D eigenvalue weighted by molar-refractivity contribution is -0.183. The van der Waals surface area contributed by atoms with Crippen LogP contribution in [0.5, 0.6) is 0 Å². The number of hydrogen-bond acceptors (Lipinski definition) is 2. The summed E-state index contributed by atoms with van der Waals surface area (Å²) < 4.78 is 38.7. The Morgan fingerprint density at radius 3 is 2.74 bits per heavy atom. The highest BCUT2D eigenvalue weighted by atomic mass is 19.4. The third kappa shape index (κ3) is 5.37. The van der Waals surface area contributed by atoms with E-state index in [9.17, 15) is 18.0 Å². The lowest BCUT2D eigenvalue weighted by Gasteiger charge is -2.34. The summed E-state index contributed by atoms with van der Waals surface area (Å²) in [5.74, 6) is -1.30.